The molecule has 1 N–H and O–H groups in total. The van der Waals surface area contributed by atoms with Gasteiger partial charge >= 0.3 is 0 Å². The van der Waals surface area contributed by atoms with Crippen LogP contribution in [0.5, 0.6) is 0 Å². The number of rotatable bonds is 3. The summed E-state index contributed by atoms with van der Waals surface area (Å²) in [5, 5.41) is 0. The van der Waals surface area contributed by atoms with Gasteiger partial charge in [0.1, 0.15) is 7.85 Å². The monoisotopic (exact) mass is 199 g/mol. The first-order valence-electron chi connectivity index (χ1n) is 5.01. The quantitative estimate of drug-likeness (QED) is 0.721. The molecule has 0 atom stereocenters. The third-order valence-corrected chi connectivity index (χ3v) is 2.40. The zero-order valence-corrected chi connectivity index (χ0v) is 9.07. The smallest absolute Gasteiger partial charge is 0.139 e. The van der Waals surface area contributed by atoms with Crippen LogP contribution in [0, 0.1) is 0 Å². The Labute approximate surface area is 90.6 Å². The highest BCUT2D eigenvalue weighted by atomic mass is 15.1. The Morgan fingerprint density at radius 1 is 1.47 bits per heavy atom. The maximum atomic E-state index is 4.00. The van der Waals surface area contributed by atoms with E-state index in [0.29, 0.717) is 0 Å². The van der Waals surface area contributed by atoms with Gasteiger partial charge in [0.15, 0.2) is 0 Å². The molecular formula is C11H14BN3. The zero-order valence-electron chi connectivity index (χ0n) is 9.07. The predicted octanol–water partition coefficient (Wildman–Crippen LogP) is 0.305. The Kier molecular flexibility index (Phi) is 2.76. The van der Waals surface area contributed by atoms with Crippen LogP contribution in [0.3, 0.4) is 0 Å². The lowest BCUT2D eigenvalue weighted by Crippen LogP contribution is -2.18. The summed E-state index contributed by atoms with van der Waals surface area (Å²) >= 11 is 0. The number of aromatic nitrogens is 2. The summed E-state index contributed by atoms with van der Waals surface area (Å²) in [6.07, 6.45) is 3.56. The van der Waals surface area contributed by atoms with Gasteiger partial charge in [0.2, 0.25) is 0 Å². The van der Waals surface area contributed by atoms with Gasteiger partial charge in [-0.1, -0.05) is 17.6 Å². The predicted molar refractivity (Wildman–Crippen MR) is 65.3 cm³/mol. The fourth-order valence-corrected chi connectivity index (χ4v) is 1.58. The van der Waals surface area contributed by atoms with Gasteiger partial charge in [-0.15, -0.1) is 0 Å². The summed E-state index contributed by atoms with van der Waals surface area (Å²) in [5.74, 6) is 0. The van der Waals surface area contributed by atoms with Crippen molar-refractivity contribution in [3.8, 4) is 0 Å². The van der Waals surface area contributed by atoms with Crippen LogP contribution in [0.1, 0.15) is 5.69 Å². The molecule has 76 valence electrons. The Balaban J connectivity index is 2.11. The van der Waals surface area contributed by atoms with Crippen LogP contribution in [0.2, 0.25) is 0 Å². The van der Waals surface area contributed by atoms with Gasteiger partial charge in [0.25, 0.3) is 0 Å². The van der Waals surface area contributed by atoms with Gasteiger partial charge in [0.05, 0.1) is 18.6 Å². The summed E-state index contributed by atoms with van der Waals surface area (Å²) in [6.45, 7) is 0.851. The number of anilines is 1. The average molecular weight is 199 g/mol. The lowest BCUT2D eigenvalue weighted by molar-refractivity contribution is 0.895. The molecular weight excluding hydrogens is 185 g/mol. The maximum Gasteiger partial charge on any atom is 0.139 e. The molecule has 3 nitrogen and oxygen atoms in total. The molecule has 0 bridgehead atoms. The van der Waals surface area contributed by atoms with Crippen molar-refractivity contribution in [2.24, 2.45) is 0 Å². The first-order valence-corrected chi connectivity index (χ1v) is 5.01. The molecule has 0 saturated heterocycles. The maximum absolute atomic E-state index is 4.00. The molecule has 0 fully saturated rings. The van der Waals surface area contributed by atoms with Crippen molar-refractivity contribution >= 4 is 19.0 Å². The minimum absolute atomic E-state index is 0.851. The SMILES string of the molecule is Bc1cccc(N(C)Cc2cnc[nH]2)c1. The molecule has 0 spiro atoms. The van der Waals surface area contributed by atoms with Gasteiger partial charge in [-0.05, 0) is 12.1 Å². The molecule has 0 unspecified atom stereocenters. The van der Waals surface area contributed by atoms with Crippen LogP contribution in [0.15, 0.2) is 36.8 Å². The van der Waals surface area contributed by atoms with E-state index in [0.717, 1.165) is 12.2 Å². The Morgan fingerprint density at radius 3 is 3.00 bits per heavy atom. The van der Waals surface area contributed by atoms with Crippen molar-refractivity contribution in [2.45, 2.75) is 6.54 Å². The number of hydrogen-bond acceptors (Lipinski definition) is 2. The molecule has 0 saturated carbocycles. The molecule has 0 aliphatic carbocycles. The second-order valence-electron chi connectivity index (χ2n) is 3.77. The van der Waals surface area contributed by atoms with Crippen LogP contribution >= 0.6 is 0 Å². The molecule has 2 rings (SSSR count). The van der Waals surface area contributed by atoms with Crippen LogP contribution in [-0.2, 0) is 6.54 Å². The van der Waals surface area contributed by atoms with E-state index in [1.54, 1.807) is 6.33 Å². The van der Waals surface area contributed by atoms with E-state index in [2.05, 4.69) is 54.0 Å². The molecule has 15 heavy (non-hydrogen) atoms. The fraction of sp³-hybridized carbons (Fsp3) is 0.182. The largest absolute Gasteiger partial charge is 0.369 e. The van der Waals surface area contributed by atoms with Gasteiger partial charge < -0.3 is 9.88 Å². The Hall–Kier alpha value is -1.71. The number of aromatic amines is 1. The van der Waals surface area contributed by atoms with Crippen molar-refractivity contribution in [3.05, 3.63) is 42.5 Å². The van der Waals surface area contributed by atoms with Crippen LogP contribution in [-0.4, -0.2) is 24.9 Å². The highest BCUT2D eigenvalue weighted by Crippen LogP contribution is 2.11. The summed E-state index contributed by atoms with van der Waals surface area (Å²) in [6, 6.07) is 8.47. The molecule has 0 aliphatic heterocycles. The van der Waals surface area contributed by atoms with E-state index in [4.69, 9.17) is 0 Å². The van der Waals surface area contributed by atoms with E-state index in [1.807, 2.05) is 6.20 Å². The van der Waals surface area contributed by atoms with Gasteiger partial charge in [0, 0.05) is 18.9 Å². The number of nitrogens with one attached hydrogen (secondary N) is 1. The van der Waals surface area contributed by atoms with Crippen LogP contribution in [0.25, 0.3) is 0 Å². The number of hydrogen-bond donors (Lipinski definition) is 1. The van der Waals surface area contributed by atoms with Gasteiger partial charge in [-0.2, -0.15) is 0 Å². The lowest BCUT2D eigenvalue weighted by Gasteiger charge is -2.18. The van der Waals surface area contributed by atoms with Crippen LogP contribution in [0.4, 0.5) is 5.69 Å². The molecule has 2 aromatic rings. The van der Waals surface area contributed by atoms with Crippen molar-refractivity contribution < 1.29 is 0 Å². The first-order chi connectivity index (χ1) is 7.25. The number of benzene rings is 1. The van der Waals surface area contributed by atoms with Crippen molar-refractivity contribution in [1.82, 2.24) is 9.97 Å². The summed E-state index contributed by atoms with van der Waals surface area (Å²) in [7, 11) is 4.18. The topological polar surface area (TPSA) is 31.9 Å². The molecule has 0 aliphatic rings. The van der Waals surface area contributed by atoms with Crippen molar-refractivity contribution in [3.63, 3.8) is 0 Å². The summed E-state index contributed by atoms with van der Waals surface area (Å²) in [5.41, 5.74) is 3.63. The molecule has 1 aromatic carbocycles. The standard InChI is InChI=1S/C11H14BN3/c1-15(7-10-6-13-8-14-10)11-4-2-3-9(12)5-11/h2-6,8H,7,12H2,1H3,(H,13,14). The molecule has 0 amide bonds. The van der Waals surface area contributed by atoms with E-state index >= 15 is 0 Å². The Morgan fingerprint density at radius 2 is 2.33 bits per heavy atom. The van der Waals surface area contributed by atoms with Gasteiger partial charge in [-0.3, -0.25) is 0 Å². The highest BCUT2D eigenvalue weighted by Gasteiger charge is 2.02. The zero-order chi connectivity index (χ0) is 10.7. The molecule has 1 aromatic heterocycles. The lowest BCUT2D eigenvalue weighted by atomic mass is 9.96. The molecule has 0 radical (unpaired) electrons. The normalized spacial score (nSPS) is 10.2. The second kappa shape index (κ2) is 4.21. The van der Waals surface area contributed by atoms with Gasteiger partial charge in [-0.25, -0.2) is 4.98 Å². The van der Waals surface area contributed by atoms with Crippen molar-refractivity contribution in [1.29, 1.82) is 0 Å². The minimum atomic E-state index is 0.851. The van der Waals surface area contributed by atoms with E-state index < -0.39 is 0 Å². The Bertz CT molecular complexity index is 425. The minimum Gasteiger partial charge on any atom is -0.369 e. The first kappa shape index (κ1) is 9.83. The number of H-pyrrole nitrogens is 1. The second-order valence-corrected chi connectivity index (χ2v) is 3.77. The highest BCUT2D eigenvalue weighted by molar-refractivity contribution is 6.32. The third kappa shape index (κ3) is 2.40. The van der Waals surface area contributed by atoms with E-state index in [-0.39, 0.29) is 0 Å². The summed E-state index contributed by atoms with van der Waals surface area (Å²) in [4.78, 5) is 9.30. The summed E-state index contributed by atoms with van der Waals surface area (Å²) < 4.78 is 0. The third-order valence-electron chi connectivity index (χ3n) is 2.40. The van der Waals surface area contributed by atoms with Crippen LogP contribution < -0.4 is 10.4 Å². The number of imidazole rings is 1. The molecule has 1 heterocycles. The fourth-order valence-electron chi connectivity index (χ4n) is 1.58. The van der Waals surface area contributed by atoms with Crippen molar-refractivity contribution in [2.75, 3.05) is 11.9 Å². The molecule has 4 heteroatoms. The van der Waals surface area contributed by atoms with E-state index in [9.17, 15) is 0 Å². The van der Waals surface area contributed by atoms with E-state index in [1.165, 1.54) is 11.2 Å². The average Bonchev–Trinajstić information content (AvgIpc) is 2.70. The number of nitrogens with zero attached hydrogens (tertiary/aromatic N) is 2.